The van der Waals surface area contributed by atoms with Gasteiger partial charge in [-0.2, -0.15) is 0 Å². The Morgan fingerprint density at radius 2 is 2.12 bits per heavy atom. The minimum atomic E-state index is -0.510. The zero-order valence-corrected chi connectivity index (χ0v) is 15.3. The molecule has 2 rings (SSSR count). The average molecular weight is 387 g/mol. The zero-order chi connectivity index (χ0) is 18.2. The van der Waals surface area contributed by atoms with E-state index in [1.165, 1.54) is 12.0 Å². The quantitative estimate of drug-likeness (QED) is 0.551. The molecule has 0 aromatic heterocycles. The second kappa shape index (κ2) is 10.6. The largest absolute Gasteiger partial charge is 0.495 e. The highest BCUT2D eigenvalue weighted by atomic mass is 35.5. The molecule has 0 radical (unpaired) electrons. The van der Waals surface area contributed by atoms with Gasteiger partial charge in [-0.3, -0.25) is 19.8 Å². The highest BCUT2D eigenvalue weighted by Crippen LogP contribution is 2.30. The van der Waals surface area contributed by atoms with Crippen molar-refractivity contribution in [3.63, 3.8) is 0 Å². The first-order valence-corrected chi connectivity index (χ1v) is 7.92. The predicted molar refractivity (Wildman–Crippen MR) is 98.0 cm³/mol. The minimum Gasteiger partial charge on any atom is -0.495 e. The van der Waals surface area contributed by atoms with Gasteiger partial charge < -0.3 is 20.5 Å². The summed E-state index contributed by atoms with van der Waals surface area (Å²) in [5.74, 6) is -0.218. The lowest BCUT2D eigenvalue weighted by molar-refractivity contribution is -0.120. The van der Waals surface area contributed by atoms with Gasteiger partial charge in [0.2, 0.25) is 5.91 Å². The zero-order valence-electron chi connectivity index (χ0n) is 14.4. The van der Waals surface area contributed by atoms with Crippen LogP contribution in [0.15, 0.2) is 18.2 Å². The third kappa shape index (κ3) is 5.58. The van der Waals surface area contributed by atoms with Gasteiger partial charge in [0.15, 0.2) is 0 Å². The van der Waals surface area contributed by atoms with Gasteiger partial charge in [-0.05, 0) is 18.2 Å². The van der Waals surface area contributed by atoms with Gasteiger partial charge in [0.05, 0.1) is 26.0 Å². The van der Waals surface area contributed by atoms with Crippen molar-refractivity contribution >= 4 is 35.9 Å². The standard InChI is InChI=1S/C16H22N4O5.ClH/c1-24-13-10-11(15(22)18-6-9-25-8-5-17)2-3-12(13)20-7-4-14(21)19-16(20)23;/h2-3,10H,4-9,17H2,1H3,(H,18,22)(H,19,21,23);1H. The molecule has 4 N–H and O–H groups in total. The van der Waals surface area contributed by atoms with Gasteiger partial charge in [0, 0.05) is 31.6 Å². The van der Waals surface area contributed by atoms with E-state index in [9.17, 15) is 14.4 Å². The van der Waals surface area contributed by atoms with Crippen molar-refractivity contribution in [1.82, 2.24) is 10.6 Å². The van der Waals surface area contributed by atoms with Crippen molar-refractivity contribution in [1.29, 1.82) is 0 Å². The first-order chi connectivity index (χ1) is 12.1. The van der Waals surface area contributed by atoms with E-state index < -0.39 is 6.03 Å². The number of imide groups is 1. The molecule has 4 amide bonds. The number of carbonyl (C=O) groups excluding carboxylic acids is 3. The van der Waals surface area contributed by atoms with Gasteiger partial charge in [-0.1, -0.05) is 0 Å². The molecule has 10 heteroatoms. The molecule has 0 aliphatic carbocycles. The molecule has 1 aromatic carbocycles. The highest BCUT2D eigenvalue weighted by Gasteiger charge is 2.26. The van der Waals surface area contributed by atoms with E-state index in [1.54, 1.807) is 18.2 Å². The lowest BCUT2D eigenvalue weighted by atomic mass is 10.1. The van der Waals surface area contributed by atoms with E-state index in [0.717, 1.165) is 0 Å². The van der Waals surface area contributed by atoms with Crippen molar-refractivity contribution < 1.29 is 23.9 Å². The third-order valence-electron chi connectivity index (χ3n) is 3.58. The number of benzene rings is 1. The maximum absolute atomic E-state index is 12.2. The van der Waals surface area contributed by atoms with E-state index >= 15 is 0 Å². The van der Waals surface area contributed by atoms with Gasteiger partial charge in [0.1, 0.15) is 5.75 Å². The first kappa shape index (κ1) is 21.7. The molecule has 0 spiro atoms. The summed E-state index contributed by atoms with van der Waals surface area (Å²) in [5.41, 5.74) is 6.20. The summed E-state index contributed by atoms with van der Waals surface area (Å²) in [6.07, 6.45) is 0.208. The molecule has 0 bridgehead atoms. The van der Waals surface area contributed by atoms with E-state index in [1.807, 2.05) is 0 Å². The van der Waals surface area contributed by atoms with E-state index in [-0.39, 0.29) is 37.2 Å². The summed E-state index contributed by atoms with van der Waals surface area (Å²) in [7, 11) is 1.45. The number of carbonyl (C=O) groups is 3. The Balaban J connectivity index is 0.00000338. The van der Waals surface area contributed by atoms with Crippen molar-refractivity contribution in [3.8, 4) is 5.75 Å². The van der Waals surface area contributed by atoms with E-state index in [4.69, 9.17) is 15.2 Å². The number of urea groups is 1. The number of ether oxygens (including phenoxy) is 2. The molecule has 1 aliphatic heterocycles. The number of nitrogens with two attached hydrogens (primary N) is 1. The number of hydrogen-bond acceptors (Lipinski definition) is 6. The third-order valence-corrected chi connectivity index (χ3v) is 3.58. The second-order valence-corrected chi connectivity index (χ2v) is 5.30. The Kier molecular flexibility index (Phi) is 8.83. The minimum absolute atomic E-state index is 0. The molecule has 0 atom stereocenters. The molecule has 1 aromatic rings. The number of anilines is 1. The lowest BCUT2D eigenvalue weighted by Crippen LogP contribution is -2.49. The Bertz CT molecular complexity index is 656. The summed E-state index contributed by atoms with van der Waals surface area (Å²) in [4.78, 5) is 36.8. The molecular formula is C16H23ClN4O5. The maximum atomic E-state index is 12.2. The van der Waals surface area contributed by atoms with Crippen LogP contribution in [0.4, 0.5) is 10.5 Å². The summed E-state index contributed by atoms with van der Waals surface area (Å²) in [6, 6.07) is 4.25. The van der Waals surface area contributed by atoms with Gasteiger partial charge in [-0.25, -0.2) is 4.79 Å². The number of nitrogens with one attached hydrogen (secondary N) is 2. The highest BCUT2D eigenvalue weighted by molar-refractivity contribution is 6.06. The maximum Gasteiger partial charge on any atom is 0.328 e. The van der Waals surface area contributed by atoms with Crippen molar-refractivity contribution in [2.45, 2.75) is 6.42 Å². The molecule has 1 saturated heterocycles. The Labute approximate surface area is 157 Å². The number of rotatable bonds is 8. The number of amides is 4. The Morgan fingerprint density at radius 3 is 2.77 bits per heavy atom. The Morgan fingerprint density at radius 1 is 1.35 bits per heavy atom. The number of halogens is 1. The Hall–Kier alpha value is -2.36. The van der Waals surface area contributed by atoms with Gasteiger partial charge in [0.25, 0.3) is 5.91 Å². The molecular weight excluding hydrogens is 364 g/mol. The van der Waals surface area contributed by atoms with Crippen LogP contribution in [-0.2, 0) is 9.53 Å². The molecule has 1 fully saturated rings. The van der Waals surface area contributed by atoms with Crippen molar-refractivity contribution in [2.75, 3.05) is 44.9 Å². The summed E-state index contributed by atoms with van der Waals surface area (Å²) >= 11 is 0. The predicted octanol–water partition coefficient (Wildman–Crippen LogP) is 0.268. The lowest BCUT2D eigenvalue weighted by Gasteiger charge is -2.28. The van der Waals surface area contributed by atoms with E-state index in [0.29, 0.717) is 43.3 Å². The fourth-order valence-electron chi connectivity index (χ4n) is 2.36. The van der Waals surface area contributed by atoms with Crippen LogP contribution >= 0.6 is 12.4 Å². The number of nitrogens with zero attached hydrogens (tertiary/aromatic N) is 1. The van der Waals surface area contributed by atoms with Gasteiger partial charge in [-0.15, -0.1) is 12.4 Å². The van der Waals surface area contributed by atoms with Crippen LogP contribution in [0, 0.1) is 0 Å². The van der Waals surface area contributed by atoms with Crippen molar-refractivity contribution in [2.24, 2.45) is 5.73 Å². The summed E-state index contributed by atoms with van der Waals surface area (Å²) in [5, 5.41) is 4.98. The normalized spacial score (nSPS) is 13.7. The molecule has 1 aliphatic rings. The van der Waals surface area contributed by atoms with Crippen LogP contribution in [0.25, 0.3) is 0 Å². The molecule has 1 heterocycles. The monoisotopic (exact) mass is 386 g/mol. The topological polar surface area (TPSA) is 123 Å². The molecule has 0 saturated carbocycles. The molecule has 0 unspecified atom stereocenters. The summed E-state index contributed by atoms with van der Waals surface area (Å²) < 4.78 is 10.5. The number of methoxy groups -OCH3 is 1. The summed E-state index contributed by atoms with van der Waals surface area (Å²) in [6.45, 7) is 1.87. The van der Waals surface area contributed by atoms with Crippen LogP contribution in [0.5, 0.6) is 5.75 Å². The van der Waals surface area contributed by atoms with Crippen molar-refractivity contribution in [3.05, 3.63) is 23.8 Å². The van der Waals surface area contributed by atoms with Crippen LogP contribution in [0.3, 0.4) is 0 Å². The van der Waals surface area contributed by atoms with Crippen LogP contribution < -0.4 is 26.0 Å². The van der Waals surface area contributed by atoms with Crippen LogP contribution in [0.2, 0.25) is 0 Å². The van der Waals surface area contributed by atoms with Crippen LogP contribution in [0.1, 0.15) is 16.8 Å². The number of hydrogen-bond donors (Lipinski definition) is 3. The fourth-order valence-corrected chi connectivity index (χ4v) is 2.36. The molecule has 26 heavy (non-hydrogen) atoms. The molecule has 9 nitrogen and oxygen atoms in total. The second-order valence-electron chi connectivity index (χ2n) is 5.30. The SMILES string of the molecule is COc1cc(C(=O)NCCOCCN)ccc1N1CCC(=O)NC1=O.Cl. The first-order valence-electron chi connectivity index (χ1n) is 7.92. The smallest absolute Gasteiger partial charge is 0.328 e. The average Bonchev–Trinajstić information content (AvgIpc) is 2.61. The fraction of sp³-hybridized carbons (Fsp3) is 0.438. The van der Waals surface area contributed by atoms with Crippen LogP contribution in [-0.4, -0.2) is 57.8 Å². The van der Waals surface area contributed by atoms with E-state index in [2.05, 4.69) is 10.6 Å². The van der Waals surface area contributed by atoms with Gasteiger partial charge >= 0.3 is 6.03 Å². The molecule has 144 valence electrons.